The molecule has 1 aromatic rings. The molecule has 1 heterocycles. The molecule has 66 valence electrons. The van der Waals surface area contributed by atoms with Gasteiger partial charge >= 0.3 is 0 Å². The Bertz CT molecular complexity index is 287. The van der Waals surface area contributed by atoms with Gasteiger partial charge in [-0.3, -0.25) is 0 Å². The zero-order valence-corrected chi connectivity index (χ0v) is 6.87. The van der Waals surface area contributed by atoms with Gasteiger partial charge < -0.3 is 21.9 Å². The molecule has 0 saturated heterocycles. The second-order valence-electron chi connectivity index (χ2n) is 2.28. The largest absolute Gasteiger partial charge is 0.491 e. The summed E-state index contributed by atoms with van der Waals surface area (Å²) < 4.78 is 5.17. The maximum Gasteiger partial charge on any atom is 0.152 e. The van der Waals surface area contributed by atoms with Crippen LogP contribution in [-0.4, -0.2) is 11.6 Å². The van der Waals surface area contributed by atoms with E-state index in [4.69, 9.17) is 21.9 Å². The highest BCUT2D eigenvalue weighted by Gasteiger charge is 2.05. The van der Waals surface area contributed by atoms with Gasteiger partial charge in [0.25, 0.3) is 0 Å². The summed E-state index contributed by atoms with van der Waals surface area (Å²) in [4.78, 5) is 3.77. The maximum absolute atomic E-state index is 5.57. The Labute approximate surface area is 70.5 Å². The van der Waals surface area contributed by atoms with E-state index in [1.54, 1.807) is 6.07 Å². The standard InChI is InChI=1S/C7H12N4O/c1-2-12-4-3-5(8)11-7(10)6(4)9/h3H,2,9H2,1H3,(H4,8,10,11). The van der Waals surface area contributed by atoms with Gasteiger partial charge in [0.15, 0.2) is 5.82 Å². The second-order valence-corrected chi connectivity index (χ2v) is 2.28. The quantitative estimate of drug-likeness (QED) is 0.586. The van der Waals surface area contributed by atoms with Crippen molar-refractivity contribution in [2.45, 2.75) is 6.92 Å². The first-order valence-corrected chi connectivity index (χ1v) is 3.59. The Morgan fingerprint density at radius 1 is 1.42 bits per heavy atom. The molecule has 0 unspecified atom stereocenters. The number of nitrogen functional groups attached to an aromatic ring is 3. The van der Waals surface area contributed by atoms with Gasteiger partial charge in [-0.25, -0.2) is 4.98 Å². The third-order valence-corrected chi connectivity index (χ3v) is 1.37. The summed E-state index contributed by atoms with van der Waals surface area (Å²) in [6.07, 6.45) is 0. The van der Waals surface area contributed by atoms with E-state index >= 15 is 0 Å². The highest BCUT2D eigenvalue weighted by Crippen LogP contribution is 2.27. The molecular formula is C7H12N4O. The average molecular weight is 168 g/mol. The zero-order chi connectivity index (χ0) is 9.14. The highest BCUT2D eigenvalue weighted by molar-refractivity contribution is 5.69. The number of hydrogen-bond acceptors (Lipinski definition) is 5. The van der Waals surface area contributed by atoms with Crippen LogP contribution in [0.3, 0.4) is 0 Å². The molecule has 0 radical (unpaired) electrons. The number of rotatable bonds is 2. The van der Waals surface area contributed by atoms with Gasteiger partial charge in [-0.05, 0) is 6.92 Å². The van der Waals surface area contributed by atoms with E-state index in [9.17, 15) is 0 Å². The summed E-state index contributed by atoms with van der Waals surface area (Å²) in [5.41, 5.74) is 16.8. The Morgan fingerprint density at radius 3 is 2.67 bits per heavy atom. The van der Waals surface area contributed by atoms with Crippen LogP contribution in [0.2, 0.25) is 0 Å². The zero-order valence-electron chi connectivity index (χ0n) is 6.87. The second kappa shape index (κ2) is 3.17. The molecule has 0 aromatic carbocycles. The maximum atomic E-state index is 5.57. The molecule has 0 bridgehead atoms. The molecule has 1 aromatic heterocycles. The summed E-state index contributed by atoms with van der Waals surface area (Å²) in [7, 11) is 0. The predicted octanol–water partition coefficient (Wildman–Crippen LogP) is 0.227. The normalized spacial score (nSPS) is 9.75. The van der Waals surface area contributed by atoms with Crippen LogP contribution in [0, 0.1) is 0 Å². The van der Waals surface area contributed by atoms with Crippen LogP contribution in [0.4, 0.5) is 17.3 Å². The number of pyridine rings is 1. The van der Waals surface area contributed by atoms with E-state index in [2.05, 4.69) is 4.98 Å². The van der Waals surface area contributed by atoms with Crippen LogP contribution < -0.4 is 21.9 Å². The summed E-state index contributed by atoms with van der Waals surface area (Å²) in [5, 5.41) is 0. The molecular weight excluding hydrogens is 156 g/mol. The van der Waals surface area contributed by atoms with Crippen molar-refractivity contribution < 1.29 is 4.74 Å². The Balaban J connectivity index is 3.09. The SMILES string of the molecule is CCOc1cc(N)nc(N)c1N. The number of anilines is 3. The van der Waals surface area contributed by atoms with Crippen molar-refractivity contribution in [3.8, 4) is 5.75 Å². The molecule has 0 aliphatic heterocycles. The number of nitrogens with zero attached hydrogens (tertiary/aromatic N) is 1. The summed E-state index contributed by atoms with van der Waals surface area (Å²) >= 11 is 0. The summed E-state index contributed by atoms with van der Waals surface area (Å²) in [5.74, 6) is 1.01. The minimum atomic E-state index is 0.207. The lowest BCUT2D eigenvalue weighted by atomic mass is 10.3. The number of aromatic nitrogens is 1. The molecule has 0 aliphatic carbocycles. The molecule has 0 atom stereocenters. The first-order chi connectivity index (χ1) is 5.65. The first-order valence-electron chi connectivity index (χ1n) is 3.59. The van der Waals surface area contributed by atoms with Crippen LogP contribution in [0.1, 0.15) is 6.92 Å². The van der Waals surface area contributed by atoms with Crippen molar-refractivity contribution in [2.75, 3.05) is 23.8 Å². The molecule has 1 rings (SSSR count). The van der Waals surface area contributed by atoms with Crippen molar-refractivity contribution in [3.63, 3.8) is 0 Å². The molecule has 0 saturated carbocycles. The number of nitrogens with two attached hydrogens (primary N) is 3. The minimum absolute atomic E-state index is 0.207. The third kappa shape index (κ3) is 1.50. The van der Waals surface area contributed by atoms with Gasteiger partial charge in [-0.1, -0.05) is 0 Å². The third-order valence-electron chi connectivity index (χ3n) is 1.37. The van der Waals surface area contributed by atoms with E-state index in [-0.39, 0.29) is 5.82 Å². The van der Waals surface area contributed by atoms with Crippen LogP contribution in [-0.2, 0) is 0 Å². The number of hydrogen-bond donors (Lipinski definition) is 3. The smallest absolute Gasteiger partial charge is 0.152 e. The van der Waals surface area contributed by atoms with Gasteiger partial charge in [-0.2, -0.15) is 0 Å². The lowest BCUT2D eigenvalue weighted by Gasteiger charge is -2.08. The summed E-state index contributed by atoms with van der Waals surface area (Å²) in [6, 6.07) is 1.55. The van der Waals surface area contributed by atoms with E-state index in [1.165, 1.54) is 0 Å². The minimum Gasteiger partial charge on any atom is -0.491 e. The average Bonchev–Trinajstić information content (AvgIpc) is 2.00. The van der Waals surface area contributed by atoms with Gasteiger partial charge in [0, 0.05) is 6.07 Å². The molecule has 6 N–H and O–H groups in total. The lowest BCUT2D eigenvalue weighted by molar-refractivity contribution is 0.342. The van der Waals surface area contributed by atoms with E-state index in [0.717, 1.165) is 0 Å². The van der Waals surface area contributed by atoms with Crippen LogP contribution in [0.15, 0.2) is 6.07 Å². The Hall–Kier alpha value is -1.65. The van der Waals surface area contributed by atoms with Gasteiger partial charge in [-0.15, -0.1) is 0 Å². The topological polar surface area (TPSA) is 100 Å². The van der Waals surface area contributed by atoms with Crippen molar-refractivity contribution in [3.05, 3.63) is 6.07 Å². The Morgan fingerprint density at radius 2 is 2.08 bits per heavy atom. The fourth-order valence-electron chi connectivity index (χ4n) is 0.845. The molecule has 0 aliphatic rings. The van der Waals surface area contributed by atoms with E-state index in [1.807, 2.05) is 6.92 Å². The van der Waals surface area contributed by atoms with Crippen molar-refractivity contribution in [1.82, 2.24) is 4.98 Å². The molecule has 12 heavy (non-hydrogen) atoms. The molecule has 0 spiro atoms. The Kier molecular flexibility index (Phi) is 2.23. The molecule has 5 heteroatoms. The fourth-order valence-corrected chi connectivity index (χ4v) is 0.845. The molecule has 0 fully saturated rings. The monoisotopic (exact) mass is 168 g/mol. The fraction of sp³-hybridized carbons (Fsp3) is 0.286. The van der Waals surface area contributed by atoms with Gasteiger partial charge in [0.05, 0.1) is 6.61 Å². The number of ether oxygens (including phenoxy) is 1. The van der Waals surface area contributed by atoms with Crippen LogP contribution >= 0.6 is 0 Å². The van der Waals surface area contributed by atoms with Crippen molar-refractivity contribution in [2.24, 2.45) is 0 Å². The van der Waals surface area contributed by atoms with Crippen LogP contribution in [0.25, 0.3) is 0 Å². The van der Waals surface area contributed by atoms with Crippen molar-refractivity contribution in [1.29, 1.82) is 0 Å². The van der Waals surface area contributed by atoms with E-state index < -0.39 is 0 Å². The van der Waals surface area contributed by atoms with E-state index in [0.29, 0.717) is 23.9 Å². The summed E-state index contributed by atoms with van der Waals surface area (Å²) in [6.45, 7) is 2.37. The highest BCUT2D eigenvalue weighted by atomic mass is 16.5. The lowest BCUT2D eigenvalue weighted by Crippen LogP contribution is -2.04. The van der Waals surface area contributed by atoms with Gasteiger partial charge in [0.1, 0.15) is 17.3 Å². The van der Waals surface area contributed by atoms with Crippen LogP contribution in [0.5, 0.6) is 5.75 Å². The van der Waals surface area contributed by atoms with Crippen molar-refractivity contribution >= 4 is 17.3 Å². The first kappa shape index (κ1) is 8.45. The molecule has 0 amide bonds. The molecule has 5 nitrogen and oxygen atoms in total. The van der Waals surface area contributed by atoms with Gasteiger partial charge in [0.2, 0.25) is 0 Å². The predicted molar refractivity (Wildman–Crippen MR) is 48.6 cm³/mol.